The largest absolute Gasteiger partial charge is 0.491 e. The minimum Gasteiger partial charge on any atom is -0.491 e. The van der Waals surface area contributed by atoms with Crippen molar-refractivity contribution in [1.29, 1.82) is 5.41 Å². The van der Waals surface area contributed by atoms with Gasteiger partial charge in [0.2, 0.25) is 12.0 Å². The Morgan fingerprint density at radius 3 is 2.52 bits per heavy atom. The first-order valence-electron chi connectivity index (χ1n) is 19.7. The third-order valence-electron chi connectivity index (χ3n) is 10.7. The molecule has 1 unspecified atom stereocenters. The highest BCUT2D eigenvalue weighted by atomic mass is 35.5. The fourth-order valence-corrected chi connectivity index (χ4v) is 8.45. The van der Waals surface area contributed by atoms with E-state index in [0.717, 1.165) is 48.9 Å². The Bertz CT molecular complexity index is 2580. The number of anilines is 1. The summed E-state index contributed by atoms with van der Waals surface area (Å²) in [6, 6.07) is 20.7. The van der Waals surface area contributed by atoms with Gasteiger partial charge < -0.3 is 29.5 Å². The molecule has 6 aromatic rings. The maximum Gasteiger partial charge on any atom is 0.408 e. The van der Waals surface area contributed by atoms with Gasteiger partial charge in [-0.2, -0.15) is 22.6 Å². The van der Waals surface area contributed by atoms with E-state index in [2.05, 4.69) is 31.6 Å². The molecule has 0 aliphatic carbocycles. The number of benzene rings is 4. The molecular weight excluding hydrogens is 866 g/mol. The predicted octanol–water partition coefficient (Wildman–Crippen LogP) is 9.08. The summed E-state index contributed by atoms with van der Waals surface area (Å²) in [6.45, 7) is 5.48. The first kappa shape index (κ1) is 44.7. The summed E-state index contributed by atoms with van der Waals surface area (Å²) in [6.07, 6.45) is -4.85. The van der Waals surface area contributed by atoms with Crippen LogP contribution >= 0.6 is 34.7 Å². The summed E-state index contributed by atoms with van der Waals surface area (Å²) >= 11 is 14.4. The number of aliphatic carboxylic acids is 1. The second-order valence-electron chi connectivity index (χ2n) is 14.9. The number of halogens is 5. The predicted molar refractivity (Wildman–Crippen MR) is 236 cm³/mol. The van der Waals surface area contributed by atoms with Crippen molar-refractivity contribution in [3.63, 3.8) is 0 Å². The van der Waals surface area contributed by atoms with Crippen molar-refractivity contribution < 1.29 is 37.3 Å². The van der Waals surface area contributed by atoms with Crippen LogP contribution in [0.2, 0.25) is 10.0 Å². The molecule has 1 aliphatic rings. The number of alkyl halides is 3. The van der Waals surface area contributed by atoms with Crippen molar-refractivity contribution in [3.05, 3.63) is 117 Å². The van der Waals surface area contributed by atoms with Crippen LogP contribution in [0, 0.1) is 12.3 Å². The highest BCUT2D eigenvalue weighted by molar-refractivity contribution is 7.13. The third-order valence-corrected chi connectivity index (χ3v) is 12.2. The van der Waals surface area contributed by atoms with Crippen molar-refractivity contribution in [2.75, 3.05) is 58.7 Å². The van der Waals surface area contributed by atoms with E-state index in [9.17, 15) is 28.5 Å². The van der Waals surface area contributed by atoms with Gasteiger partial charge in [-0.25, -0.2) is 4.79 Å². The van der Waals surface area contributed by atoms with Crippen molar-refractivity contribution in [2.24, 2.45) is 0 Å². The molecule has 326 valence electrons. The number of aromatic nitrogens is 3. The summed E-state index contributed by atoms with van der Waals surface area (Å²) < 4.78 is 63.9. The smallest absolute Gasteiger partial charge is 0.408 e. The number of carboxylic acids is 1. The van der Waals surface area contributed by atoms with E-state index < -0.39 is 24.8 Å². The van der Waals surface area contributed by atoms with Crippen LogP contribution in [0.25, 0.3) is 21.2 Å². The zero-order valence-corrected chi connectivity index (χ0v) is 36.4. The number of nitrogens with one attached hydrogen (secondary N) is 2. The van der Waals surface area contributed by atoms with Gasteiger partial charge in [-0.3, -0.25) is 15.0 Å². The average molecular weight is 911 g/mol. The molecule has 0 saturated carbocycles. The Morgan fingerprint density at radius 1 is 1.00 bits per heavy atom. The topological polar surface area (TPSA) is 138 Å². The van der Waals surface area contributed by atoms with Crippen LogP contribution in [0.4, 0.5) is 18.9 Å². The van der Waals surface area contributed by atoms with E-state index in [-0.39, 0.29) is 36.1 Å². The first-order chi connectivity index (χ1) is 29.7. The van der Waals surface area contributed by atoms with Crippen LogP contribution < -0.4 is 19.5 Å². The van der Waals surface area contributed by atoms with Crippen LogP contribution in [0.5, 0.6) is 17.4 Å². The number of piperazine rings is 1. The second kappa shape index (κ2) is 19.3. The average Bonchev–Trinajstić information content (AvgIpc) is 3.87. The number of likely N-dealkylation sites (N-methyl/N-ethyl adjacent to an activating group) is 1. The fourth-order valence-electron chi connectivity index (χ4n) is 7.27. The van der Waals surface area contributed by atoms with Crippen molar-refractivity contribution in [2.45, 2.75) is 38.8 Å². The number of carbonyl (C=O) groups is 1. The molecule has 0 bridgehead atoms. The molecule has 3 heterocycles. The van der Waals surface area contributed by atoms with Crippen LogP contribution in [0.15, 0.2) is 79.0 Å². The molecular formula is C44H44Cl2F3N7O5S. The maximum absolute atomic E-state index is 13.1. The summed E-state index contributed by atoms with van der Waals surface area (Å²) in [5, 5.41) is 28.2. The molecule has 0 amide bonds. The number of fused-ring (bicyclic) bond motifs is 1. The van der Waals surface area contributed by atoms with Gasteiger partial charge in [0, 0.05) is 74.2 Å². The molecule has 1 aliphatic heterocycles. The standard InChI is InChI=1S/C44H44Cl2F3N7O5S/c1-26-31(10-11-36(40(26)46)59-19-18-55-16-14-54(3)15-17-55)33-20-28(41(50)32-9-8-29(45)23-34(32)51-2)22-38-39(33)42(53-62-38)61-37(43(57)58)21-27-6-4-5-7-35(27)60-24-30-12-13-52-56(30)25-44(47,48)49/h4-13,20,22-23,37,50-51H,14-19,21,24-25H2,1-3H3,(H,57,58). The Hall–Kier alpha value is -5.39. The number of rotatable bonds is 17. The Kier molecular flexibility index (Phi) is 13.9. The zero-order chi connectivity index (χ0) is 44.1. The lowest BCUT2D eigenvalue weighted by atomic mass is 9.92. The van der Waals surface area contributed by atoms with Crippen LogP contribution in [-0.2, 0) is 24.4 Å². The van der Waals surface area contributed by atoms with E-state index in [4.69, 9.17) is 37.4 Å². The zero-order valence-electron chi connectivity index (χ0n) is 34.1. The maximum atomic E-state index is 13.1. The lowest BCUT2D eigenvalue weighted by Gasteiger charge is -2.32. The molecule has 0 spiro atoms. The molecule has 3 N–H and O–H groups in total. The molecule has 1 fully saturated rings. The van der Waals surface area contributed by atoms with Gasteiger partial charge in [-0.05, 0) is 96.3 Å². The number of carboxylic acid groups (broad SMARTS) is 1. The van der Waals surface area contributed by atoms with Gasteiger partial charge in [0.05, 0.1) is 26.5 Å². The number of hydrogen-bond donors (Lipinski definition) is 3. The minimum absolute atomic E-state index is 0.0605. The van der Waals surface area contributed by atoms with E-state index in [1.54, 1.807) is 49.5 Å². The molecule has 12 nitrogen and oxygen atoms in total. The molecule has 0 radical (unpaired) electrons. The molecule has 62 heavy (non-hydrogen) atoms. The summed E-state index contributed by atoms with van der Waals surface area (Å²) in [7, 11) is 3.86. The lowest BCUT2D eigenvalue weighted by molar-refractivity contribution is -0.145. The third kappa shape index (κ3) is 10.4. The number of nitrogens with zero attached hydrogens (tertiary/aromatic N) is 5. The summed E-state index contributed by atoms with van der Waals surface area (Å²) in [5.74, 6) is -0.416. The summed E-state index contributed by atoms with van der Waals surface area (Å²) in [5.41, 5.74) is 4.69. The summed E-state index contributed by atoms with van der Waals surface area (Å²) in [4.78, 5) is 17.5. The molecule has 4 aromatic carbocycles. The van der Waals surface area contributed by atoms with Crippen LogP contribution in [0.1, 0.15) is 27.9 Å². The van der Waals surface area contributed by atoms with Gasteiger partial charge in [0.15, 0.2) is 0 Å². The molecule has 2 aromatic heterocycles. The van der Waals surface area contributed by atoms with Crippen LogP contribution in [0.3, 0.4) is 0 Å². The van der Waals surface area contributed by atoms with E-state index in [1.165, 1.54) is 12.3 Å². The quantitative estimate of drug-likeness (QED) is 0.0761. The minimum atomic E-state index is -4.48. The molecule has 1 saturated heterocycles. The van der Waals surface area contributed by atoms with Gasteiger partial charge >= 0.3 is 12.1 Å². The lowest BCUT2D eigenvalue weighted by Crippen LogP contribution is -2.45. The Balaban J connectivity index is 1.21. The first-order valence-corrected chi connectivity index (χ1v) is 21.2. The highest BCUT2D eigenvalue weighted by Crippen LogP contribution is 2.44. The van der Waals surface area contributed by atoms with Gasteiger partial charge in [-0.1, -0.05) is 47.5 Å². The van der Waals surface area contributed by atoms with Gasteiger partial charge in [-0.15, -0.1) is 0 Å². The van der Waals surface area contributed by atoms with E-state index in [1.807, 2.05) is 31.2 Å². The van der Waals surface area contributed by atoms with Gasteiger partial charge in [0.1, 0.15) is 31.3 Å². The molecule has 18 heteroatoms. The van der Waals surface area contributed by atoms with E-state index >= 15 is 0 Å². The Labute approximate surface area is 370 Å². The molecule has 7 rings (SSSR count). The van der Waals surface area contributed by atoms with Crippen molar-refractivity contribution in [1.82, 2.24) is 24.0 Å². The molecule has 1 atom stereocenters. The number of para-hydroxylation sites is 1. The number of hydrogen-bond acceptors (Lipinski definition) is 11. The van der Waals surface area contributed by atoms with Crippen LogP contribution in [-0.4, -0.2) is 106 Å². The fraction of sp³-hybridized carbons (Fsp3) is 0.318. The second-order valence-corrected chi connectivity index (χ2v) is 16.5. The van der Waals surface area contributed by atoms with Crippen molar-refractivity contribution in [3.8, 4) is 28.5 Å². The van der Waals surface area contributed by atoms with Gasteiger partial charge in [0.25, 0.3) is 0 Å². The number of ether oxygens (including phenoxy) is 3. The Morgan fingerprint density at radius 2 is 1.77 bits per heavy atom. The van der Waals surface area contributed by atoms with Crippen molar-refractivity contribution >= 4 is 62.2 Å². The normalized spacial score (nSPS) is 14.2. The monoisotopic (exact) mass is 909 g/mol. The van der Waals surface area contributed by atoms with E-state index in [0.29, 0.717) is 71.6 Å². The highest BCUT2D eigenvalue weighted by Gasteiger charge is 2.30. The SMILES string of the molecule is CNc1cc(Cl)ccc1C(=N)c1cc(-c2ccc(OCCN3CCN(C)CC3)c(Cl)c2C)c2c(OC(Cc3ccccc3OCc3ccnn3CC(F)(F)F)C(=O)O)nsc2c1.